The topological polar surface area (TPSA) is 77.8 Å². The van der Waals surface area contributed by atoms with Crippen molar-refractivity contribution >= 4 is 11.7 Å². The lowest BCUT2D eigenvalue weighted by Crippen LogP contribution is -2.27. The highest BCUT2D eigenvalue weighted by Gasteiger charge is 2.12. The normalized spacial score (nSPS) is 10.4. The third-order valence-corrected chi connectivity index (χ3v) is 4.20. The Morgan fingerprint density at radius 3 is 2.17 bits per heavy atom. The van der Waals surface area contributed by atoms with E-state index in [9.17, 15) is 9.59 Å². The number of Topliss-reactive ketones (excluding diaryl/α,β-unsaturated/α-hetero) is 1. The lowest BCUT2D eigenvalue weighted by Gasteiger charge is -2.08. The van der Waals surface area contributed by atoms with Crippen LogP contribution in [0.2, 0.25) is 0 Å². The highest BCUT2D eigenvalue weighted by molar-refractivity contribution is 5.94. The van der Waals surface area contributed by atoms with Gasteiger partial charge in [0.05, 0.1) is 13.2 Å². The van der Waals surface area contributed by atoms with Gasteiger partial charge in [-0.25, -0.2) is 0 Å². The molecule has 0 atom stereocenters. The Morgan fingerprint density at radius 2 is 1.55 bits per heavy atom. The van der Waals surface area contributed by atoms with Gasteiger partial charge in [-0.2, -0.15) is 0 Å². The van der Waals surface area contributed by atoms with Gasteiger partial charge in [-0.05, 0) is 50.2 Å². The standard InChI is InChI=1S/C23H23NO5/c1-3-27-19-8-10-20(11-9-19)28-15-14-24-23(26)22-13-12-21(29-22)18-6-4-17(5-7-18)16(2)25/h4-13H,3,14-15H2,1-2H3,(H,24,26). The molecule has 29 heavy (non-hydrogen) atoms. The molecule has 6 heteroatoms. The van der Waals surface area contributed by atoms with Crippen molar-refractivity contribution in [1.29, 1.82) is 0 Å². The summed E-state index contributed by atoms with van der Waals surface area (Å²) in [6.45, 7) is 4.74. The number of ether oxygens (including phenoxy) is 2. The quantitative estimate of drug-likeness (QED) is 0.432. The van der Waals surface area contributed by atoms with Gasteiger partial charge in [0.15, 0.2) is 11.5 Å². The van der Waals surface area contributed by atoms with E-state index in [-0.39, 0.29) is 17.5 Å². The van der Waals surface area contributed by atoms with Crippen LogP contribution in [0.5, 0.6) is 11.5 Å². The van der Waals surface area contributed by atoms with Crippen molar-refractivity contribution in [1.82, 2.24) is 5.32 Å². The zero-order chi connectivity index (χ0) is 20.6. The van der Waals surface area contributed by atoms with E-state index >= 15 is 0 Å². The lowest BCUT2D eigenvalue weighted by molar-refractivity contribution is 0.0919. The minimum atomic E-state index is -0.313. The highest BCUT2D eigenvalue weighted by atomic mass is 16.5. The Labute approximate surface area is 169 Å². The molecule has 0 bridgehead atoms. The summed E-state index contributed by atoms with van der Waals surface area (Å²) in [6.07, 6.45) is 0. The molecule has 1 heterocycles. The molecule has 0 saturated carbocycles. The van der Waals surface area contributed by atoms with Gasteiger partial charge >= 0.3 is 0 Å². The van der Waals surface area contributed by atoms with Crippen LogP contribution in [-0.2, 0) is 0 Å². The molecule has 1 N–H and O–H groups in total. The second-order valence-corrected chi connectivity index (χ2v) is 6.31. The molecule has 0 radical (unpaired) electrons. The molecule has 3 aromatic rings. The smallest absolute Gasteiger partial charge is 0.287 e. The Bertz CT molecular complexity index is 958. The summed E-state index contributed by atoms with van der Waals surface area (Å²) in [4.78, 5) is 23.6. The van der Waals surface area contributed by atoms with Gasteiger partial charge in [0, 0.05) is 11.1 Å². The van der Waals surface area contributed by atoms with Crippen molar-refractivity contribution in [3.63, 3.8) is 0 Å². The molecule has 0 aliphatic rings. The first-order chi connectivity index (χ1) is 14.1. The molecule has 6 nitrogen and oxygen atoms in total. The van der Waals surface area contributed by atoms with E-state index in [2.05, 4.69) is 5.32 Å². The molecule has 0 aliphatic heterocycles. The van der Waals surface area contributed by atoms with Crippen LogP contribution in [0.25, 0.3) is 11.3 Å². The van der Waals surface area contributed by atoms with Crippen molar-refractivity contribution in [2.24, 2.45) is 0 Å². The first-order valence-corrected chi connectivity index (χ1v) is 9.42. The molecule has 0 unspecified atom stereocenters. The Kier molecular flexibility index (Phi) is 6.68. The fourth-order valence-corrected chi connectivity index (χ4v) is 2.70. The SMILES string of the molecule is CCOc1ccc(OCCNC(=O)c2ccc(-c3ccc(C(C)=O)cc3)o2)cc1. The molecule has 2 aromatic carbocycles. The van der Waals surface area contributed by atoms with E-state index in [1.165, 1.54) is 6.92 Å². The first kappa shape index (κ1) is 20.2. The summed E-state index contributed by atoms with van der Waals surface area (Å²) in [5.74, 6) is 1.97. The monoisotopic (exact) mass is 393 g/mol. The van der Waals surface area contributed by atoms with Gasteiger partial charge in [0.1, 0.15) is 23.9 Å². The lowest BCUT2D eigenvalue weighted by atomic mass is 10.1. The third-order valence-electron chi connectivity index (χ3n) is 4.20. The number of rotatable bonds is 9. The van der Waals surface area contributed by atoms with E-state index < -0.39 is 0 Å². The largest absolute Gasteiger partial charge is 0.494 e. The van der Waals surface area contributed by atoms with Crippen LogP contribution < -0.4 is 14.8 Å². The zero-order valence-corrected chi connectivity index (χ0v) is 16.4. The maximum absolute atomic E-state index is 12.2. The van der Waals surface area contributed by atoms with Crippen LogP contribution in [0.15, 0.2) is 65.1 Å². The van der Waals surface area contributed by atoms with Crippen LogP contribution in [0.4, 0.5) is 0 Å². The van der Waals surface area contributed by atoms with Crippen molar-refractivity contribution in [2.45, 2.75) is 13.8 Å². The fraction of sp³-hybridized carbons (Fsp3) is 0.217. The molecular formula is C23H23NO5. The number of furan rings is 1. The molecule has 0 aliphatic carbocycles. The van der Waals surface area contributed by atoms with Crippen molar-refractivity contribution in [2.75, 3.05) is 19.8 Å². The predicted molar refractivity (Wildman–Crippen MR) is 110 cm³/mol. The molecule has 3 rings (SSSR count). The summed E-state index contributed by atoms with van der Waals surface area (Å²) in [5, 5.41) is 2.76. The number of hydrogen-bond donors (Lipinski definition) is 1. The minimum absolute atomic E-state index is 0.00326. The summed E-state index contributed by atoms with van der Waals surface area (Å²) in [6, 6.07) is 17.7. The van der Waals surface area contributed by atoms with Crippen molar-refractivity contribution in [3.8, 4) is 22.8 Å². The van der Waals surface area contributed by atoms with Crippen LogP contribution in [0.3, 0.4) is 0 Å². The summed E-state index contributed by atoms with van der Waals surface area (Å²) in [7, 11) is 0. The van der Waals surface area contributed by atoms with E-state index in [0.717, 1.165) is 11.3 Å². The summed E-state index contributed by atoms with van der Waals surface area (Å²) >= 11 is 0. The van der Waals surface area contributed by atoms with Gasteiger partial charge in [-0.1, -0.05) is 24.3 Å². The number of carbonyl (C=O) groups excluding carboxylic acids is 2. The van der Waals surface area contributed by atoms with E-state index in [0.29, 0.717) is 36.8 Å². The third kappa shape index (κ3) is 5.48. The second kappa shape index (κ2) is 9.59. The Morgan fingerprint density at radius 1 is 0.897 bits per heavy atom. The molecular weight excluding hydrogens is 370 g/mol. The molecule has 0 saturated heterocycles. The van der Waals surface area contributed by atoms with Gasteiger partial charge in [0.25, 0.3) is 5.91 Å². The summed E-state index contributed by atoms with van der Waals surface area (Å²) in [5.41, 5.74) is 1.43. The van der Waals surface area contributed by atoms with Crippen LogP contribution in [0.1, 0.15) is 34.8 Å². The average Bonchev–Trinajstić information content (AvgIpc) is 3.23. The predicted octanol–water partition coefficient (Wildman–Crippen LogP) is 4.36. The van der Waals surface area contributed by atoms with Gasteiger partial charge in [-0.15, -0.1) is 0 Å². The summed E-state index contributed by atoms with van der Waals surface area (Å²) < 4.78 is 16.6. The molecule has 0 fully saturated rings. The van der Waals surface area contributed by atoms with Gasteiger partial charge in [-0.3, -0.25) is 9.59 Å². The van der Waals surface area contributed by atoms with E-state index in [1.807, 2.05) is 31.2 Å². The first-order valence-electron chi connectivity index (χ1n) is 9.42. The highest BCUT2D eigenvalue weighted by Crippen LogP contribution is 2.23. The fourth-order valence-electron chi connectivity index (χ4n) is 2.70. The van der Waals surface area contributed by atoms with Gasteiger partial charge in [0.2, 0.25) is 0 Å². The average molecular weight is 393 g/mol. The maximum Gasteiger partial charge on any atom is 0.287 e. The number of hydrogen-bond acceptors (Lipinski definition) is 5. The van der Waals surface area contributed by atoms with E-state index in [1.54, 1.807) is 36.4 Å². The Hall–Kier alpha value is -3.54. The maximum atomic E-state index is 12.2. The number of carbonyl (C=O) groups is 2. The van der Waals surface area contributed by atoms with Crippen LogP contribution >= 0.6 is 0 Å². The zero-order valence-electron chi connectivity index (χ0n) is 16.4. The molecule has 1 aromatic heterocycles. The molecule has 0 spiro atoms. The number of amides is 1. The van der Waals surface area contributed by atoms with E-state index in [4.69, 9.17) is 13.9 Å². The Balaban J connectivity index is 1.48. The number of nitrogens with one attached hydrogen (secondary N) is 1. The van der Waals surface area contributed by atoms with Crippen LogP contribution in [0, 0.1) is 0 Å². The molecule has 1 amide bonds. The number of ketones is 1. The van der Waals surface area contributed by atoms with Gasteiger partial charge < -0.3 is 19.2 Å². The van der Waals surface area contributed by atoms with Crippen molar-refractivity contribution in [3.05, 3.63) is 72.0 Å². The second-order valence-electron chi connectivity index (χ2n) is 6.31. The van der Waals surface area contributed by atoms with Crippen molar-refractivity contribution < 1.29 is 23.5 Å². The van der Waals surface area contributed by atoms with Crippen LogP contribution in [-0.4, -0.2) is 31.4 Å². The molecule has 150 valence electrons. The minimum Gasteiger partial charge on any atom is -0.494 e. The number of benzene rings is 2.